The molecular formula is C15H18N2O4S2. The van der Waals surface area contributed by atoms with Crippen molar-refractivity contribution >= 4 is 25.7 Å². The van der Waals surface area contributed by atoms with Crippen molar-refractivity contribution in [1.29, 1.82) is 0 Å². The molecule has 0 heterocycles. The molecule has 6 nitrogen and oxygen atoms in total. The highest BCUT2D eigenvalue weighted by molar-refractivity contribution is 7.93. The quantitative estimate of drug-likeness (QED) is 0.823. The fraction of sp³-hybridized carbons (Fsp3) is 0.200. The summed E-state index contributed by atoms with van der Waals surface area (Å²) in [5, 5.41) is 4.38. The summed E-state index contributed by atoms with van der Waals surface area (Å²) in [4.78, 5) is -0.254. The van der Waals surface area contributed by atoms with E-state index in [9.17, 15) is 16.8 Å². The minimum absolute atomic E-state index is 0.0464. The van der Waals surface area contributed by atoms with Crippen molar-refractivity contribution in [2.24, 2.45) is 5.14 Å². The van der Waals surface area contributed by atoms with Gasteiger partial charge in [-0.25, -0.2) is 22.0 Å². The first-order valence-corrected chi connectivity index (χ1v) is 9.97. The molecule has 0 radical (unpaired) electrons. The van der Waals surface area contributed by atoms with E-state index < -0.39 is 25.3 Å². The molecule has 0 saturated heterocycles. The van der Waals surface area contributed by atoms with Gasteiger partial charge in [0.1, 0.15) is 4.90 Å². The standard InChI is InChI=1S/C15H18N2O4S2/c1-12(11-13-7-3-2-4-8-13)23(20,21)17-14-9-5-6-10-15(14)22(16,18)19/h2-10,12,17H,11H2,1H3,(H2,16,18,19). The third-order valence-electron chi connectivity index (χ3n) is 3.34. The second-order valence-corrected chi connectivity index (χ2v) is 8.82. The van der Waals surface area contributed by atoms with E-state index in [4.69, 9.17) is 5.14 Å². The van der Waals surface area contributed by atoms with Crippen molar-refractivity contribution in [1.82, 2.24) is 0 Å². The van der Waals surface area contributed by atoms with Crippen LogP contribution in [-0.4, -0.2) is 22.1 Å². The Morgan fingerprint density at radius 1 is 0.957 bits per heavy atom. The van der Waals surface area contributed by atoms with Crippen LogP contribution in [0.3, 0.4) is 0 Å². The van der Waals surface area contributed by atoms with Crippen molar-refractivity contribution in [2.45, 2.75) is 23.5 Å². The van der Waals surface area contributed by atoms with Crippen LogP contribution < -0.4 is 9.86 Å². The Bertz CT molecular complexity index is 879. The maximum atomic E-state index is 12.4. The third-order valence-corrected chi connectivity index (χ3v) is 6.04. The number of rotatable bonds is 6. The average Bonchev–Trinajstić information content (AvgIpc) is 2.47. The molecule has 0 aliphatic rings. The number of primary sulfonamides is 1. The molecular weight excluding hydrogens is 336 g/mol. The van der Waals surface area contributed by atoms with Gasteiger partial charge in [0.2, 0.25) is 20.0 Å². The Hall–Kier alpha value is -1.90. The molecule has 0 aliphatic carbocycles. The lowest BCUT2D eigenvalue weighted by molar-refractivity contribution is 0.588. The zero-order chi connectivity index (χ0) is 17.1. The molecule has 0 bridgehead atoms. The Balaban J connectivity index is 2.25. The van der Waals surface area contributed by atoms with Crippen LogP contribution in [-0.2, 0) is 26.5 Å². The maximum Gasteiger partial charge on any atom is 0.240 e. The first-order chi connectivity index (χ1) is 10.7. The zero-order valence-corrected chi connectivity index (χ0v) is 14.1. The SMILES string of the molecule is CC(Cc1ccccc1)S(=O)(=O)Nc1ccccc1S(N)(=O)=O. The second-order valence-electron chi connectivity index (χ2n) is 5.19. The number of hydrogen-bond acceptors (Lipinski definition) is 4. The van der Waals surface area contributed by atoms with Gasteiger partial charge in [-0.3, -0.25) is 4.72 Å². The first-order valence-electron chi connectivity index (χ1n) is 6.87. The van der Waals surface area contributed by atoms with E-state index in [1.165, 1.54) is 24.3 Å². The Labute approximate surface area is 136 Å². The third kappa shape index (κ3) is 4.54. The van der Waals surface area contributed by atoms with Gasteiger partial charge in [0.25, 0.3) is 0 Å². The second kappa shape index (κ2) is 6.69. The maximum absolute atomic E-state index is 12.4. The molecule has 2 aromatic carbocycles. The minimum atomic E-state index is -4.02. The number of sulfonamides is 2. The van der Waals surface area contributed by atoms with E-state index in [0.29, 0.717) is 6.42 Å². The fourth-order valence-electron chi connectivity index (χ4n) is 2.11. The Morgan fingerprint density at radius 3 is 2.13 bits per heavy atom. The molecule has 2 aromatic rings. The number of para-hydroxylation sites is 1. The molecule has 0 aromatic heterocycles. The molecule has 8 heteroatoms. The Kier molecular flexibility index (Phi) is 5.08. The fourth-order valence-corrected chi connectivity index (χ4v) is 3.96. The van der Waals surface area contributed by atoms with Crippen molar-refractivity contribution in [3.05, 3.63) is 60.2 Å². The molecule has 1 unspecified atom stereocenters. The number of nitrogens with two attached hydrogens (primary N) is 1. The van der Waals surface area contributed by atoms with Crippen molar-refractivity contribution < 1.29 is 16.8 Å². The van der Waals surface area contributed by atoms with Crippen LogP contribution in [0.4, 0.5) is 5.69 Å². The van der Waals surface area contributed by atoms with Gasteiger partial charge >= 0.3 is 0 Å². The lowest BCUT2D eigenvalue weighted by atomic mass is 10.1. The number of nitrogens with one attached hydrogen (secondary N) is 1. The van der Waals surface area contributed by atoms with Gasteiger partial charge in [0.15, 0.2) is 0 Å². The Morgan fingerprint density at radius 2 is 1.52 bits per heavy atom. The van der Waals surface area contributed by atoms with Crippen molar-refractivity contribution in [3.63, 3.8) is 0 Å². The van der Waals surface area contributed by atoms with Gasteiger partial charge in [-0.05, 0) is 31.0 Å². The summed E-state index contributed by atoms with van der Waals surface area (Å²) in [7, 11) is -7.78. The van der Waals surface area contributed by atoms with Crippen LogP contribution in [0.15, 0.2) is 59.5 Å². The summed E-state index contributed by atoms with van der Waals surface area (Å²) in [6, 6.07) is 14.8. The van der Waals surface area contributed by atoms with E-state index in [2.05, 4.69) is 4.72 Å². The summed E-state index contributed by atoms with van der Waals surface area (Å²) in [6.07, 6.45) is 0.313. The van der Waals surface area contributed by atoms with Crippen LogP contribution in [0.1, 0.15) is 12.5 Å². The van der Waals surface area contributed by atoms with E-state index in [1.54, 1.807) is 6.92 Å². The molecule has 3 N–H and O–H groups in total. The highest BCUT2D eigenvalue weighted by Gasteiger charge is 2.24. The van der Waals surface area contributed by atoms with Crippen molar-refractivity contribution in [2.75, 3.05) is 4.72 Å². The molecule has 0 aliphatic heterocycles. The summed E-state index contributed by atoms with van der Waals surface area (Å²) in [5.74, 6) is 0. The smallest absolute Gasteiger partial charge is 0.240 e. The lowest BCUT2D eigenvalue weighted by Crippen LogP contribution is -2.28. The lowest BCUT2D eigenvalue weighted by Gasteiger charge is -2.16. The highest BCUT2D eigenvalue weighted by Crippen LogP contribution is 2.22. The van der Waals surface area contributed by atoms with Crippen molar-refractivity contribution in [3.8, 4) is 0 Å². The van der Waals surface area contributed by atoms with Gasteiger partial charge in [-0.2, -0.15) is 0 Å². The van der Waals surface area contributed by atoms with Crippen LogP contribution >= 0.6 is 0 Å². The largest absolute Gasteiger partial charge is 0.282 e. The molecule has 0 fully saturated rings. The normalized spacial score (nSPS) is 13.5. The number of anilines is 1. The van der Waals surface area contributed by atoms with E-state index in [-0.39, 0.29) is 10.6 Å². The van der Waals surface area contributed by atoms with E-state index in [1.807, 2.05) is 30.3 Å². The predicted molar refractivity (Wildman–Crippen MR) is 90.0 cm³/mol. The topological polar surface area (TPSA) is 106 Å². The highest BCUT2D eigenvalue weighted by atomic mass is 32.2. The number of hydrogen-bond donors (Lipinski definition) is 2. The minimum Gasteiger partial charge on any atom is -0.282 e. The molecule has 2 rings (SSSR count). The summed E-state index contributed by atoms with van der Waals surface area (Å²) >= 11 is 0. The van der Waals surface area contributed by atoms with E-state index >= 15 is 0 Å². The first kappa shape index (κ1) is 17.5. The van der Waals surface area contributed by atoms with Gasteiger partial charge in [0.05, 0.1) is 10.9 Å². The van der Waals surface area contributed by atoms with Crippen LogP contribution in [0.2, 0.25) is 0 Å². The van der Waals surface area contributed by atoms with Crippen LogP contribution in [0.5, 0.6) is 0 Å². The molecule has 0 saturated carbocycles. The summed E-state index contributed by atoms with van der Waals surface area (Å²) in [5.41, 5.74) is 0.833. The predicted octanol–water partition coefficient (Wildman–Crippen LogP) is 1.71. The van der Waals surface area contributed by atoms with E-state index in [0.717, 1.165) is 5.56 Å². The molecule has 0 amide bonds. The van der Waals surface area contributed by atoms with Gasteiger partial charge < -0.3 is 0 Å². The monoisotopic (exact) mass is 354 g/mol. The number of benzene rings is 2. The summed E-state index contributed by atoms with van der Waals surface area (Å²) < 4.78 is 50.3. The molecule has 0 spiro atoms. The average molecular weight is 354 g/mol. The van der Waals surface area contributed by atoms with Crippen LogP contribution in [0, 0.1) is 0 Å². The zero-order valence-electron chi connectivity index (χ0n) is 12.5. The summed E-state index contributed by atoms with van der Waals surface area (Å²) in [6.45, 7) is 1.56. The van der Waals surface area contributed by atoms with Gasteiger partial charge in [0, 0.05) is 0 Å². The molecule has 1 atom stereocenters. The van der Waals surface area contributed by atoms with Crippen LogP contribution in [0.25, 0.3) is 0 Å². The van der Waals surface area contributed by atoms with Gasteiger partial charge in [-0.15, -0.1) is 0 Å². The molecule has 124 valence electrons. The molecule has 23 heavy (non-hydrogen) atoms. The van der Waals surface area contributed by atoms with Gasteiger partial charge in [-0.1, -0.05) is 42.5 Å².